The third-order valence-electron chi connectivity index (χ3n) is 5.67. The molecule has 1 aliphatic heterocycles. The topological polar surface area (TPSA) is 93.5 Å². The summed E-state index contributed by atoms with van der Waals surface area (Å²) in [5.41, 5.74) is 1.31. The van der Waals surface area contributed by atoms with Gasteiger partial charge in [0, 0.05) is 12.2 Å². The van der Waals surface area contributed by atoms with Crippen LogP contribution in [0.1, 0.15) is 39.0 Å². The molecule has 0 saturated carbocycles. The Morgan fingerprint density at radius 1 is 1.12 bits per heavy atom. The molecule has 0 bridgehead atoms. The van der Waals surface area contributed by atoms with Crippen molar-refractivity contribution < 1.29 is 19.1 Å². The van der Waals surface area contributed by atoms with Crippen molar-refractivity contribution in [1.29, 1.82) is 0 Å². The summed E-state index contributed by atoms with van der Waals surface area (Å²) in [7, 11) is 1.24. The smallest absolute Gasteiger partial charge is 0.359 e. The lowest BCUT2D eigenvalue weighted by Gasteiger charge is -2.43. The number of hydrogen-bond donors (Lipinski definition) is 1. The summed E-state index contributed by atoms with van der Waals surface area (Å²) in [6.07, 6.45) is 1.40. The Morgan fingerprint density at radius 2 is 1.81 bits per heavy atom. The van der Waals surface area contributed by atoms with Gasteiger partial charge in [-0.3, -0.25) is 14.5 Å². The van der Waals surface area contributed by atoms with Gasteiger partial charge in [0.25, 0.3) is 5.91 Å². The van der Waals surface area contributed by atoms with Gasteiger partial charge in [-0.05, 0) is 31.5 Å². The third-order valence-corrected chi connectivity index (χ3v) is 5.67. The predicted molar refractivity (Wildman–Crippen MR) is 118 cm³/mol. The molecule has 1 N–H and O–H groups in total. The first-order chi connectivity index (χ1) is 15.3. The molecule has 0 fully saturated rings. The number of esters is 1. The molecule has 164 valence electrons. The molecule has 2 amide bonds. The van der Waals surface area contributed by atoms with Gasteiger partial charge < -0.3 is 14.6 Å². The van der Waals surface area contributed by atoms with E-state index in [1.807, 2.05) is 49.4 Å². The number of carbonyl (C=O) groups excluding carboxylic acids is 3. The number of carbonyl (C=O) groups is 3. The van der Waals surface area contributed by atoms with Crippen molar-refractivity contribution in [3.8, 4) is 0 Å². The minimum absolute atomic E-state index is 0.0682. The SMILES string of the molecule is COC(=O)c1ncn2c1C(=O)N(c1ccc(C)cc1)C(C)(C(=O)NCc1ccccc1)C2. The molecule has 1 unspecified atom stereocenters. The quantitative estimate of drug-likeness (QED) is 0.626. The van der Waals surface area contributed by atoms with E-state index in [1.54, 1.807) is 23.6 Å². The fourth-order valence-corrected chi connectivity index (χ4v) is 3.94. The van der Waals surface area contributed by atoms with Crippen molar-refractivity contribution >= 4 is 23.5 Å². The van der Waals surface area contributed by atoms with Crippen LogP contribution in [-0.2, 0) is 22.6 Å². The molecule has 0 saturated heterocycles. The number of aromatic nitrogens is 2. The van der Waals surface area contributed by atoms with Gasteiger partial charge in [0.15, 0.2) is 5.69 Å². The maximum absolute atomic E-state index is 13.7. The average molecular weight is 432 g/mol. The van der Waals surface area contributed by atoms with Gasteiger partial charge in [-0.1, -0.05) is 48.0 Å². The lowest BCUT2D eigenvalue weighted by atomic mass is 9.93. The number of amides is 2. The Balaban J connectivity index is 1.75. The largest absolute Gasteiger partial charge is 0.464 e. The number of imidazole rings is 1. The summed E-state index contributed by atoms with van der Waals surface area (Å²) in [5, 5.41) is 2.95. The van der Waals surface area contributed by atoms with E-state index in [0.717, 1.165) is 11.1 Å². The fourth-order valence-electron chi connectivity index (χ4n) is 3.94. The number of anilines is 1. The first-order valence-corrected chi connectivity index (χ1v) is 10.2. The van der Waals surface area contributed by atoms with Gasteiger partial charge in [0.2, 0.25) is 5.91 Å². The van der Waals surface area contributed by atoms with Gasteiger partial charge in [-0.15, -0.1) is 0 Å². The van der Waals surface area contributed by atoms with Crippen LogP contribution in [0.3, 0.4) is 0 Å². The van der Waals surface area contributed by atoms with Crippen molar-refractivity contribution in [2.24, 2.45) is 0 Å². The van der Waals surface area contributed by atoms with Crippen molar-refractivity contribution in [3.05, 3.63) is 83.4 Å². The van der Waals surface area contributed by atoms with Crippen molar-refractivity contribution in [3.63, 3.8) is 0 Å². The van der Waals surface area contributed by atoms with Crippen LogP contribution in [0.15, 0.2) is 60.9 Å². The first-order valence-electron chi connectivity index (χ1n) is 10.2. The lowest BCUT2D eigenvalue weighted by Crippen LogP contribution is -2.64. The predicted octanol–water partition coefficient (Wildman–Crippen LogP) is 2.71. The average Bonchev–Trinajstić information content (AvgIpc) is 3.22. The molecule has 8 nitrogen and oxygen atoms in total. The second-order valence-corrected chi connectivity index (χ2v) is 7.98. The van der Waals surface area contributed by atoms with Crippen LogP contribution in [0.25, 0.3) is 0 Å². The van der Waals surface area contributed by atoms with Crippen LogP contribution in [0.2, 0.25) is 0 Å². The number of fused-ring (bicyclic) bond motifs is 1. The zero-order valence-electron chi connectivity index (χ0n) is 18.2. The van der Waals surface area contributed by atoms with Crippen LogP contribution in [0, 0.1) is 6.92 Å². The van der Waals surface area contributed by atoms with Crippen LogP contribution in [0.5, 0.6) is 0 Å². The van der Waals surface area contributed by atoms with E-state index in [-0.39, 0.29) is 23.8 Å². The molecule has 0 spiro atoms. The summed E-state index contributed by atoms with van der Waals surface area (Å²) in [6.45, 7) is 4.12. The van der Waals surface area contributed by atoms with E-state index in [2.05, 4.69) is 10.3 Å². The number of aryl methyl sites for hydroxylation is 1. The maximum atomic E-state index is 13.7. The summed E-state index contributed by atoms with van der Waals surface area (Å²) < 4.78 is 6.33. The monoisotopic (exact) mass is 432 g/mol. The van der Waals surface area contributed by atoms with Crippen LogP contribution < -0.4 is 10.2 Å². The fraction of sp³-hybridized carbons (Fsp3) is 0.250. The Kier molecular flexibility index (Phi) is 5.52. The number of nitrogens with zero attached hydrogens (tertiary/aromatic N) is 3. The number of rotatable bonds is 5. The standard InChI is InChI=1S/C24H24N4O4/c1-16-9-11-18(12-10-16)28-21(29)20-19(22(30)32-3)26-15-27(20)14-24(28,2)23(31)25-13-17-7-5-4-6-8-17/h4-12,15H,13-14H2,1-3H3,(H,25,31). The molecule has 4 rings (SSSR count). The Morgan fingerprint density at radius 3 is 2.47 bits per heavy atom. The highest BCUT2D eigenvalue weighted by atomic mass is 16.5. The normalized spacial score (nSPS) is 17.6. The number of hydrogen-bond acceptors (Lipinski definition) is 5. The van der Waals surface area contributed by atoms with E-state index >= 15 is 0 Å². The highest BCUT2D eigenvalue weighted by Crippen LogP contribution is 2.34. The minimum Gasteiger partial charge on any atom is -0.464 e. The molecule has 1 atom stereocenters. The molecule has 1 aliphatic rings. The molecule has 2 aromatic carbocycles. The molecule has 3 aromatic rings. The van der Waals surface area contributed by atoms with E-state index in [1.165, 1.54) is 18.3 Å². The second-order valence-electron chi connectivity index (χ2n) is 7.98. The molecular formula is C24H24N4O4. The van der Waals surface area contributed by atoms with Gasteiger partial charge in [0.05, 0.1) is 20.0 Å². The van der Waals surface area contributed by atoms with Gasteiger partial charge in [-0.25, -0.2) is 9.78 Å². The second kappa shape index (κ2) is 8.30. The number of nitrogens with one attached hydrogen (secondary N) is 1. The van der Waals surface area contributed by atoms with Crippen LogP contribution >= 0.6 is 0 Å². The molecule has 0 radical (unpaired) electrons. The summed E-state index contributed by atoms with van der Waals surface area (Å²) in [4.78, 5) is 44.9. The molecular weight excluding hydrogens is 408 g/mol. The number of ether oxygens (including phenoxy) is 1. The van der Waals surface area contributed by atoms with Crippen LogP contribution in [-0.4, -0.2) is 40.0 Å². The minimum atomic E-state index is -1.25. The summed E-state index contributed by atoms with van der Waals surface area (Å²) in [6, 6.07) is 16.9. The van der Waals surface area contributed by atoms with Crippen LogP contribution in [0.4, 0.5) is 5.69 Å². The van der Waals surface area contributed by atoms with Gasteiger partial charge in [0.1, 0.15) is 11.2 Å². The van der Waals surface area contributed by atoms with Gasteiger partial charge in [-0.2, -0.15) is 0 Å². The molecule has 8 heteroatoms. The summed E-state index contributed by atoms with van der Waals surface area (Å²) in [5.74, 6) is -1.50. The molecule has 0 aliphatic carbocycles. The van der Waals surface area contributed by atoms with Gasteiger partial charge >= 0.3 is 5.97 Å². The van der Waals surface area contributed by atoms with Crippen molar-refractivity contribution in [1.82, 2.24) is 14.9 Å². The Labute approximate surface area is 185 Å². The zero-order valence-corrected chi connectivity index (χ0v) is 18.2. The molecule has 32 heavy (non-hydrogen) atoms. The first kappa shape index (κ1) is 21.3. The van der Waals surface area contributed by atoms with Crippen molar-refractivity contribution in [2.45, 2.75) is 32.5 Å². The summed E-state index contributed by atoms with van der Waals surface area (Å²) >= 11 is 0. The van der Waals surface area contributed by atoms with E-state index in [0.29, 0.717) is 12.2 Å². The lowest BCUT2D eigenvalue weighted by molar-refractivity contribution is -0.126. The highest BCUT2D eigenvalue weighted by molar-refractivity contribution is 6.15. The van der Waals surface area contributed by atoms with E-state index < -0.39 is 17.4 Å². The third kappa shape index (κ3) is 3.64. The highest BCUT2D eigenvalue weighted by Gasteiger charge is 2.49. The molecule has 1 aromatic heterocycles. The van der Waals surface area contributed by atoms with Crippen molar-refractivity contribution in [2.75, 3.05) is 12.0 Å². The van der Waals surface area contributed by atoms with E-state index in [9.17, 15) is 14.4 Å². The maximum Gasteiger partial charge on any atom is 0.359 e. The number of benzene rings is 2. The number of methoxy groups -OCH3 is 1. The van der Waals surface area contributed by atoms with E-state index in [4.69, 9.17) is 4.74 Å². The Bertz CT molecular complexity index is 1170. The molecule has 2 heterocycles. The zero-order chi connectivity index (χ0) is 22.9. The Hall–Kier alpha value is -3.94.